The van der Waals surface area contributed by atoms with Crippen molar-refractivity contribution < 1.29 is 35.9 Å². The van der Waals surface area contributed by atoms with Gasteiger partial charge in [-0.3, -0.25) is 9.59 Å². The molecule has 0 aliphatic rings. The van der Waals surface area contributed by atoms with Crippen LogP contribution in [0.15, 0.2) is 27.8 Å². The largest absolute Gasteiger partial charge is 0.462 e. The van der Waals surface area contributed by atoms with Gasteiger partial charge in [0.05, 0.1) is 6.61 Å². The van der Waals surface area contributed by atoms with E-state index < -0.39 is 40.8 Å². The van der Waals surface area contributed by atoms with E-state index in [1.165, 1.54) is 13.8 Å². The van der Waals surface area contributed by atoms with Gasteiger partial charge in [-0.05, 0) is 44.0 Å². The molecule has 0 unspecified atom stereocenters. The number of aromatic nitrogens is 2. The van der Waals surface area contributed by atoms with Crippen LogP contribution < -0.4 is 11.1 Å². The average Bonchev–Trinajstić information content (AvgIpc) is 2.60. The molecule has 2 rings (SSSR count). The first kappa shape index (κ1) is 26.0. The summed E-state index contributed by atoms with van der Waals surface area (Å²) < 4.78 is 80.2. The van der Waals surface area contributed by atoms with Crippen LogP contribution in [-0.4, -0.2) is 21.7 Å². The maximum Gasteiger partial charge on any atom is 0.431 e. The third-order valence-corrected chi connectivity index (χ3v) is 4.10. The first-order valence-corrected chi connectivity index (χ1v) is 8.72. The van der Waals surface area contributed by atoms with Crippen LogP contribution in [-0.2, 0) is 31.2 Å². The number of hydrogen-bond donors (Lipinski definition) is 0. The summed E-state index contributed by atoms with van der Waals surface area (Å²) in [7, 11) is 2.07. The summed E-state index contributed by atoms with van der Waals surface area (Å²) in [5, 5.41) is 0. The van der Waals surface area contributed by atoms with Crippen molar-refractivity contribution in [3.8, 4) is 0 Å². The van der Waals surface area contributed by atoms with E-state index in [0.717, 1.165) is 32.3 Å². The Balaban J connectivity index is 0.000000327. The normalized spacial score (nSPS) is 11.6. The van der Waals surface area contributed by atoms with Crippen LogP contribution in [0.1, 0.15) is 39.8 Å². The van der Waals surface area contributed by atoms with Gasteiger partial charge < -0.3 is 13.9 Å². The van der Waals surface area contributed by atoms with Gasteiger partial charge in [0.2, 0.25) is 0 Å². The number of carbonyl (C=O) groups excluding carboxylic acids is 1. The van der Waals surface area contributed by atoms with E-state index in [9.17, 15) is 40.7 Å². The summed E-state index contributed by atoms with van der Waals surface area (Å²) in [6, 6.07) is 2.87. The van der Waals surface area contributed by atoms with Crippen molar-refractivity contribution in [2.24, 2.45) is 14.1 Å². The first-order valence-electron chi connectivity index (χ1n) is 8.72. The van der Waals surface area contributed by atoms with E-state index in [1.807, 2.05) is 0 Å². The first-order chi connectivity index (χ1) is 14.0. The van der Waals surface area contributed by atoms with Crippen LogP contribution in [0.4, 0.5) is 26.3 Å². The molecular weight excluding hydrogens is 434 g/mol. The van der Waals surface area contributed by atoms with Crippen LogP contribution in [0.2, 0.25) is 0 Å². The highest BCUT2D eigenvalue weighted by molar-refractivity contribution is 5.90. The molecule has 0 N–H and O–H groups in total. The predicted octanol–water partition coefficient (Wildman–Crippen LogP) is 3.60. The lowest BCUT2D eigenvalue weighted by Crippen LogP contribution is -2.31. The van der Waals surface area contributed by atoms with Gasteiger partial charge in [-0.25, -0.2) is 4.79 Å². The highest BCUT2D eigenvalue weighted by Crippen LogP contribution is 2.29. The molecular formula is C19H20F6N2O4. The van der Waals surface area contributed by atoms with E-state index in [-0.39, 0.29) is 17.7 Å². The van der Waals surface area contributed by atoms with Crippen LogP contribution >= 0.6 is 0 Å². The Morgan fingerprint density at radius 3 is 1.84 bits per heavy atom. The molecule has 0 bridgehead atoms. The topological polar surface area (TPSA) is 70.3 Å². The molecule has 0 amide bonds. The molecule has 2 aromatic rings. The van der Waals surface area contributed by atoms with Crippen LogP contribution in [0.3, 0.4) is 0 Å². The van der Waals surface area contributed by atoms with Crippen molar-refractivity contribution >= 4 is 5.97 Å². The molecule has 0 radical (unpaired) electrons. The average molecular weight is 454 g/mol. The highest BCUT2D eigenvalue weighted by Gasteiger charge is 2.35. The zero-order valence-electron chi connectivity index (χ0n) is 17.2. The van der Waals surface area contributed by atoms with E-state index in [4.69, 9.17) is 0 Å². The molecule has 0 aromatic carbocycles. The number of alkyl halides is 6. The third-order valence-electron chi connectivity index (χ3n) is 4.10. The molecule has 0 fully saturated rings. The fraction of sp³-hybridized carbons (Fsp3) is 0.421. The Kier molecular flexibility index (Phi) is 7.88. The number of halogens is 6. The monoisotopic (exact) mass is 454 g/mol. The lowest BCUT2D eigenvalue weighted by atomic mass is 10.1. The van der Waals surface area contributed by atoms with Crippen molar-refractivity contribution in [3.05, 3.63) is 67.0 Å². The maximum absolute atomic E-state index is 12.6. The van der Waals surface area contributed by atoms with Gasteiger partial charge in [0.1, 0.15) is 17.0 Å². The second-order valence-electron chi connectivity index (χ2n) is 6.48. The summed E-state index contributed by atoms with van der Waals surface area (Å²) in [5.74, 6) is -0.913. The quantitative estimate of drug-likeness (QED) is 0.514. The number of nitrogens with zero attached hydrogens (tertiary/aromatic N) is 2. The lowest BCUT2D eigenvalue weighted by molar-refractivity contribution is -0.144. The van der Waals surface area contributed by atoms with Crippen LogP contribution in [0.25, 0.3) is 0 Å². The van der Waals surface area contributed by atoms with Crippen molar-refractivity contribution in [1.82, 2.24) is 9.13 Å². The van der Waals surface area contributed by atoms with Crippen molar-refractivity contribution in [1.29, 1.82) is 0 Å². The highest BCUT2D eigenvalue weighted by atomic mass is 19.4. The Morgan fingerprint density at radius 2 is 1.39 bits per heavy atom. The fourth-order valence-corrected chi connectivity index (χ4v) is 2.58. The summed E-state index contributed by atoms with van der Waals surface area (Å²) in [6.45, 7) is 4.31. The van der Waals surface area contributed by atoms with Gasteiger partial charge >= 0.3 is 18.3 Å². The van der Waals surface area contributed by atoms with Crippen molar-refractivity contribution in [3.63, 3.8) is 0 Å². The van der Waals surface area contributed by atoms with Crippen LogP contribution in [0.5, 0.6) is 0 Å². The second-order valence-corrected chi connectivity index (χ2v) is 6.48. The number of carbonyl (C=O) groups is 1. The minimum Gasteiger partial charge on any atom is -0.462 e. The molecule has 12 heteroatoms. The zero-order chi connectivity index (χ0) is 24.3. The molecule has 0 saturated heterocycles. The van der Waals surface area contributed by atoms with E-state index in [1.54, 1.807) is 6.92 Å². The summed E-state index contributed by atoms with van der Waals surface area (Å²) in [5.41, 5.74) is -3.78. The number of hydrogen-bond acceptors (Lipinski definition) is 4. The summed E-state index contributed by atoms with van der Waals surface area (Å²) in [4.78, 5) is 34.2. The SMILES string of the molecule is CCOC(=O)c1c(C)cc(C(F)(F)F)n(C)c1=O.Cc1cc(C(F)(F)F)n(C)c(=O)c1. The minimum atomic E-state index is -4.65. The number of esters is 1. The number of pyridine rings is 2. The lowest BCUT2D eigenvalue weighted by Gasteiger charge is -2.14. The molecule has 0 aliphatic heterocycles. The standard InChI is InChI=1S/C11H12F3NO3.C8H8F3NO/c1-4-18-10(17)8-6(2)5-7(11(12,13)14)15(3)9(8)16;1-5-3-6(8(9,10)11)12(2)7(13)4-5/h5H,4H2,1-3H3;3-4H,1-2H3. The summed E-state index contributed by atoms with van der Waals surface area (Å²) in [6.07, 6.45) is -9.12. The van der Waals surface area contributed by atoms with Gasteiger partial charge in [-0.15, -0.1) is 0 Å². The van der Waals surface area contributed by atoms with Gasteiger partial charge in [0.25, 0.3) is 11.1 Å². The van der Waals surface area contributed by atoms with E-state index >= 15 is 0 Å². The Hall–Kier alpha value is -3.05. The van der Waals surface area contributed by atoms with Gasteiger partial charge in [0.15, 0.2) is 0 Å². The number of ether oxygens (including phenoxy) is 1. The third kappa shape index (κ3) is 6.22. The van der Waals surface area contributed by atoms with Gasteiger partial charge in [0, 0.05) is 20.2 Å². The van der Waals surface area contributed by atoms with Crippen molar-refractivity contribution in [2.75, 3.05) is 6.61 Å². The Labute approximate surface area is 172 Å². The molecule has 2 heterocycles. The molecule has 0 spiro atoms. The molecule has 0 aliphatic carbocycles. The van der Waals surface area contributed by atoms with Crippen molar-refractivity contribution in [2.45, 2.75) is 33.1 Å². The fourth-order valence-electron chi connectivity index (χ4n) is 2.58. The predicted molar refractivity (Wildman–Crippen MR) is 98.8 cm³/mol. The molecule has 31 heavy (non-hydrogen) atoms. The van der Waals surface area contributed by atoms with Gasteiger partial charge in [-0.2, -0.15) is 26.3 Å². The van der Waals surface area contributed by atoms with E-state index in [2.05, 4.69) is 4.74 Å². The molecule has 0 saturated carbocycles. The zero-order valence-corrected chi connectivity index (χ0v) is 17.2. The molecule has 2 aromatic heterocycles. The Bertz CT molecular complexity index is 1080. The second kappa shape index (κ2) is 9.40. The summed E-state index contributed by atoms with van der Waals surface area (Å²) >= 11 is 0. The molecule has 0 atom stereocenters. The number of aryl methyl sites for hydroxylation is 2. The number of rotatable bonds is 2. The smallest absolute Gasteiger partial charge is 0.431 e. The minimum absolute atomic E-state index is 0.0441. The van der Waals surface area contributed by atoms with Gasteiger partial charge in [-0.1, -0.05) is 0 Å². The maximum atomic E-state index is 12.6. The van der Waals surface area contributed by atoms with E-state index in [0.29, 0.717) is 14.7 Å². The van der Waals surface area contributed by atoms with Crippen LogP contribution in [0, 0.1) is 13.8 Å². The molecule has 6 nitrogen and oxygen atoms in total. The Morgan fingerprint density at radius 1 is 0.903 bits per heavy atom. The molecule has 172 valence electrons.